The van der Waals surface area contributed by atoms with Gasteiger partial charge in [0.1, 0.15) is 5.60 Å². The van der Waals surface area contributed by atoms with Gasteiger partial charge in [-0.1, -0.05) is 30.9 Å². The Morgan fingerprint density at radius 3 is 2.74 bits per heavy atom. The van der Waals surface area contributed by atoms with Crippen LogP contribution in [-0.4, -0.2) is 27.7 Å². The lowest BCUT2D eigenvalue weighted by Gasteiger charge is -2.35. The van der Waals surface area contributed by atoms with Gasteiger partial charge in [-0.2, -0.15) is 0 Å². The SMILES string of the molecule is CCOC1(c2ncc(Cl)c(C(=O)O)n2)CCCCC1. The van der Waals surface area contributed by atoms with Crippen LogP contribution in [0.3, 0.4) is 0 Å². The van der Waals surface area contributed by atoms with Crippen molar-refractivity contribution in [2.45, 2.75) is 44.6 Å². The average molecular weight is 285 g/mol. The molecule has 1 aromatic heterocycles. The van der Waals surface area contributed by atoms with Crippen molar-refractivity contribution in [3.63, 3.8) is 0 Å². The molecule has 0 unspecified atom stereocenters. The minimum absolute atomic E-state index is 0.0544. The lowest BCUT2D eigenvalue weighted by Crippen LogP contribution is -2.35. The fourth-order valence-electron chi connectivity index (χ4n) is 2.57. The molecule has 0 atom stereocenters. The lowest BCUT2D eigenvalue weighted by atomic mass is 9.83. The third-order valence-electron chi connectivity index (χ3n) is 3.44. The molecule has 1 fully saturated rings. The van der Waals surface area contributed by atoms with E-state index in [4.69, 9.17) is 21.4 Å². The molecular weight excluding hydrogens is 268 g/mol. The van der Waals surface area contributed by atoms with Crippen LogP contribution in [0.1, 0.15) is 55.3 Å². The molecule has 0 radical (unpaired) electrons. The predicted octanol–water partition coefficient (Wildman–Crippen LogP) is 3.02. The molecule has 0 aromatic carbocycles. The third-order valence-corrected chi connectivity index (χ3v) is 3.71. The van der Waals surface area contributed by atoms with Crippen LogP contribution in [0.2, 0.25) is 5.02 Å². The van der Waals surface area contributed by atoms with Crippen molar-refractivity contribution in [3.05, 3.63) is 22.7 Å². The highest BCUT2D eigenvalue weighted by Crippen LogP contribution is 2.39. The van der Waals surface area contributed by atoms with Crippen LogP contribution in [0.4, 0.5) is 0 Å². The Balaban J connectivity index is 2.41. The number of hydrogen-bond acceptors (Lipinski definition) is 4. The first-order valence-electron chi connectivity index (χ1n) is 6.49. The highest BCUT2D eigenvalue weighted by molar-refractivity contribution is 6.33. The Labute approximate surface area is 117 Å². The van der Waals surface area contributed by atoms with E-state index in [1.165, 1.54) is 6.20 Å². The number of aromatic carboxylic acids is 1. The van der Waals surface area contributed by atoms with E-state index >= 15 is 0 Å². The van der Waals surface area contributed by atoms with Gasteiger partial charge in [0.15, 0.2) is 11.5 Å². The first-order chi connectivity index (χ1) is 9.09. The standard InChI is InChI=1S/C13H17ClN2O3/c1-2-19-13(6-4-3-5-7-13)12-15-8-9(14)10(16-12)11(17)18/h8H,2-7H2,1H3,(H,17,18). The van der Waals surface area contributed by atoms with Gasteiger partial charge in [0.2, 0.25) is 0 Å². The van der Waals surface area contributed by atoms with Crippen LogP contribution in [0, 0.1) is 0 Å². The van der Waals surface area contributed by atoms with Gasteiger partial charge >= 0.3 is 5.97 Å². The van der Waals surface area contributed by atoms with E-state index in [2.05, 4.69) is 9.97 Å². The highest BCUT2D eigenvalue weighted by atomic mass is 35.5. The van der Waals surface area contributed by atoms with E-state index in [1.807, 2.05) is 6.92 Å². The number of hydrogen-bond donors (Lipinski definition) is 1. The second-order valence-corrected chi connectivity index (χ2v) is 5.09. The number of carboxylic acids is 1. The summed E-state index contributed by atoms with van der Waals surface area (Å²) in [7, 11) is 0. The second kappa shape index (κ2) is 5.84. The van der Waals surface area contributed by atoms with Gasteiger partial charge < -0.3 is 9.84 Å². The molecule has 1 aliphatic rings. The minimum atomic E-state index is -1.14. The molecule has 0 saturated heterocycles. The van der Waals surface area contributed by atoms with E-state index in [0.29, 0.717) is 12.4 Å². The highest BCUT2D eigenvalue weighted by Gasteiger charge is 2.38. The van der Waals surface area contributed by atoms with Gasteiger partial charge in [-0.05, 0) is 19.8 Å². The summed E-state index contributed by atoms with van der Waals surface area (Å²) in [6.45, 7) is 2.47. The molecule has 1 saturated carbocycles. The van der Waals surface area contributed by atoms with Crippen molar-refractivity contribution < 1.29 is 14.6 Å². The number of carbonyl (C=O) groups is 1. The van der Waals surface area contributed by atoms with E-state index in [0.717, 1.165) is 32.1 Å². The zero-order valence-corrected chi connectivity index (χ0v) is 11.6. The van der Waals surface area contributed by atoms with Gasteiger partial charge in [0, 0.05) is 6.61 Å². The molecule has 1 heterocycles. The predicted molar refractivity (Wildman–Crippen MR) is 70.4 cm³/mol. The number of carboxylic acid groups (broad SMARTS) is 1. The summed E-state index contributed by atoms with van der Waals surface area (Å²) in [6, 6.07) is 0. The third kappa shape index (κ3) is 2.87. The van der Waals surface area contributed by atoms with Crippen LogP contribution in [-0.2, 0) is 10.3 Å². The summed E-state index contributed by atoms with van der Waals surface area (Å²) in [5.74, 6) is -0.702. The van der Waals surface area contributed by atoms with Crippen molar-refractivity contribution in [2.75, 3.05) is 6.61 Å². The molecule has 2 rings (SSSR count). The maximum atomic E-state index is 11.1. The van der Waals surface area contributed by atoms with Gasteiger partial charge in [-0.3, -0.25) is 0 Å². The van der Waals surface area contributed by atoms with E-state index < -0.39 is 11.6 Å². The van der Waals surface area contributed by atoms with E-state index in [9.17, 15) is 4.79 Å². The van der Waals surface area contributed by atoms with Gasteiger partial charge in [-0.25, -0.2) is 14.8 Å². The number of aromatic nitrogens is 2. The fraction of sp³-hybridized carbons (Fsp3) is 0.615. The topological polar surface area (TPSA) is 72.3 Å². The van der Waals surface area contributed by atoms with Crippen molar-refractivity contribution >= 4 is 17.6 Å². The zero-order valence-electron chi connectivity index (χ0n) is 10.9. The zero-order chi connectivity index (χ0) is 13.9. The molecule has 6 heteroatoms. The minimum Gasteiger partial charge on any atom is -0.476 e. The van der Waals surface area contributed by atoms with Gasteiger partial charge in [0.25, 0.3) is 0 Å². The first kappa shape index (κ1) is 14.2. The quantitative estimate of drug-likeness (QED) is 0.920. The van der Waals surface area contributed by atoms with Crippen LogP contribution in [0.5, 0.6) is 0 Å². The van der Waals surface area contributed by atoms with Crippen LogP contribution in [0.25, 0.3) is 0 Å². The summed E-state index contributed by atoms with van der Waals surface area (Å²) < 4.78 is 5.87. The van der Waals surface area contributed by atoms with Crippen molar-refractivity contribution in [1.29, 1.82) is 0 Å². The van der Waals surface area contributed by atoms with Crippen molar-refractivity contribution in [3.8, 4) is 0 Å². The Morgan fingerprint density at radius 1 is 1.47 bits per heavy atom. The Morgan fingerprint density at radius 2 is 2.16 bits per heavy atom. The molecule has 1 aliphatic carbocycles. The largest absolute Gasteiger partial charge is 0.476 e. The Kier molecular flexibility index (Phi) is 4.37. The van der Waals surface area contributed by atoms with Crippen LogP contribution in [0.15, 0.2) is 6.20 Å². The molecule has 1 N–H and O–H groups in total. The van der Waals surface area contributed by atoms with E-state index in [-0.39, 0.29) is 10.7 Å². The monoisotopic (exact) mass is 284 g/mol. The summed E-state index contributed by atoms with van der Waals surface area (Å²) in [6.07, 6.45) is 6.22. The number of halogens is 1. The number of rotatable bonds is 4. The molecular formula is C13H17ClN2O3. The summed E-state index contributed by atoms with van der Waals surface area (Å²) in [5.41, 5.74) is -0.710. The fourth-order valence-corrected chi connectivity index (χ4v) is 2.74. The maximum absolute atomic E-state index is 11.1. The molecule has 5 nitrogen and oxygen atoms in total. The molecule has 0 bridgehead atoms. The smallest absolute Gasteiger partial charge is 0.356 e. The second-order valence-electron chi connectivity index (χ2n) is 4.68. The van der Waals surface area contributed by atoms with E-state index in [1.54, 1.807) is 0 Å². The molecule has 0 spiro atoms. The number of ether oxygens (including phenoxy) is 1. The maximum Gasteiger partial charge on any atom is 0.356 e. The van der Waals surface area contributed by atoms with Gasteiger partial charge in [-0.15, -0.1) is 0 Å². The lowest BCUT2D eigenvalue weighted by molar-refractivity contribution is -0.0767. The molecule has 104 valence electrons. The van der Waals surface area contributed by atoms with Crippen LogP contribution >= 0.6 is 11.6 Å². The summed E-state index contributed by atoms with van der Waals surface area (Å²) in [5, 5.41) is 9.14. The Bertz CT molecular complexity index is 467. The van der Waals surface area contributed by atoms with Gasteiger partial charge in [0.05, 0.1) is 11.2 Å². The Hall–Kier alpha value is -1.20. The van der Waals surface area contributed by atoms with Crippen molar-refractivity contribution in [1.82, 2.24) is 9.97 Å². The summed E-state index contributed by atoms with van der Waals surface area (Å²) in [4.78, 5) is 19.4. The average Bonchev–Trinajstić information content (AvgIpc) is 2.40. The van der Waals surface area contributed by atoms with Crippen molar-refractivity contribution in [2.24, 2.45) is 0 Å². The molecule has 19 heavy (non-hydrogen) atoms. The first-order valence-corrected chi connectivity index (χ1v) is 6.87. The number of nitrogens with zero attached hydrogens (tertiary/aromatic N) is 2. The van der Waals surface area contributed by atoms with Crippen LogP contribution < -0.4 is 0 Å². The molecule has 0 aliphatic heterocycles. The molecule has 1 aromatic rings. The summed E-state index contributed by atoms with van der Waals surface area (Å²) >= 11 is 5.81. The normalized spacial score (nSPS) is 18.2. The molecule has 0 amide bonds.